The quantitative estimate of drug-likeness (QED) is 0.416. The molecule has 0 aliphatic heterocycles. The standard InChI is InChI=1S/C19H23Cl2N/c1-4-12(2)8-11-15(13(3)14-9-10-14)19(22)18-16(20)6-5-7-17(18)21/h5-7,14,22H,2,4,8-11H2,1,3H3/b15-13+,22-19?. The number of nitrogens with one attached hydrogen (secondary N) is 1. The molecule has 1 saturated carbocycles. The van der Waals surface area contributed by atoms with E-state index in [4.69, 9.17) is 28.6 Å². The van der Waals surface area contributed by atoms with E-state index in [2.05, 4.69) is 20.4 Å². The van der Waals surface area contributed by atoms with E-state index in [1.807, 2.05) is 6.07 Å². The average molecular weight is 336 g/mol. The van der Waals surface area contributed by atoms with Gasteiger partial charge in [0.15, 0.2) is 0 Å². The van der Waals surface area contributed by atoms with Gasteiger partial charge in [-0.15, -0.1) is 0 Å². The van der Waals surface area contributed by atoms with Gasteiger partial charge >= 0.3 is 0 Å². The van der Waals surface area contributed by atoms with Crippen molar-refractivity contribution in [1.29, 1.82) is 5.41 Å². The normalized spacial score (nSPS) is 15.5. The maximum Gasteiger partial charge on any atom is 0.0673 e. The van der Waals surface area contributed by atoms with Crippen molar-refractivity contribution >= 4 is 28.9 Å². The zero-order valence-corrected chi connectivity index (χ0v) is 14.8. The average Bonchev–Trinajstić information content (AvgIpc) is 3.31. The van der Waals surface area contributed by atoms with Crippen LogP contribution in [0.15, 0.2) is 41.5 Å². The molecule has 1 aromatic rings. The van der Waals surface area contributed by atoms with Gasteiger partial charge in [-0.3, -0.25) is 5.41 Å². The summed E-state index contributed by atoms with van der Waals surface area (Å²) in [5, 5.41) is 9.76. The van der Waals surface area contributed by atoms with Crippen LogP contribution in [0.1, 0.15) is 51.5 Å². The number of allylic oxidation sites excluding steroid dienone is 3. The highest BCUT2D eigenvalue weighted by Crippen LogP contribution is 2.40. The highest BCUT2D eigenvalue weighted by molar-refractivity contribution is 6.41. The molecular weight excluding hydrogens is 313 g/mol. The van der Waals surface area contributed by atoms with Gasteiger partial charge in [-0.25, -0.2) is 0 Å². The molecule has 0 radical (unpaired) electrons. The van der Waals surface area contributed by atoms with Gasteiger partial charge in [-0.05, 0) is 62.7 Å². The lowest BCUT2D eigenvalue weighted by Crippen LogP contribution is -2.09. The van der Waals surface area contributed by atoms with E-state index < -0.39 is 0 Å². The van der Waals surface area contributed by atoms with Crippen LogP contribution in [0.3, 0.4) is 0 Å². The lowest BCUT2D eigenvalue weighted by molar-refractivity contribution is 0.869. The molecule has 0 atom stereocenters. The number of hydrogen-bond acceptors (Lipinski definition) is 1. The molecule has 1 aliphatic rings. The third-order valence-corrected chi connectivity index (χ3v) is 5.04. The Bertz CT molecular complexity index is 604. The summed E-state index contributed by atoms with van der Waals surface area (Å²) in [5.74, 6) is 0.631. The molecule has 1 fully saturated rings. The summed E-state index contributed by atoms with van der Waals surface area (Å²) >= 11 is 12.6. The van der Waals surface area contributed by atoms with Crippen molar-refractivity contribution in [2.75, 3.05) is 0 Å². The van der Waals surface area contributed by atoms with Gasteiger partial charge in [0.25, 0.3) is 0 Å². The molecule has 1 N–H and O–H groups in total. The minimum absolute atomic E-state index is 0.476. The second-order valence-electron chi connectivity index (χ2n) is 6.01. The summed E-state index contributed by atoms with van der Waals surface area (Å²) in [7, 11) is 0. The fraction of sp³-hybridized carbons (Fsp3) is 0.421. The molecule has 1 aromatic carbocycles. The minimum Gasteiger partial charge on any atom is -0.300 e. The van der Waals surface area contributed by atoms with Gasteiger partial charge in [0.2, 0.25) is 0 Å². The Hall–Kier alpha value is -1.05. The summed E-state index contributed by atoms with van der Waals surface area (Å²) in [6, 6.07) is 5.41. The van der Waals surface area contributed by atoms with Gasteiger partial charge < -0.3 is 0 Å². The second kappa shape index (κ2) is 7.48. The van der Waals surface area contributed by atoms with Crippen molar-refractivity contribution in [3.63, 3.8) is 0 Å². The van der Waals surface area contributed by atoms with Crippen LogP contribution >= 0.6 is 23.2 Å². The van der Waals surface area contributed by atoms with Gasteiger partial charge in [0.05, 0.1) is 15.8 Å². The smallest absolute Gasteiger partial charge is 0.0673 e. The highest BCUT2D eigenvalue weighted by atomic mass is 35.5. The summed E-state index contributed by atoms with van der Waals surface area (Å²) in [4.78, 5) is 0. The van der Waals surface area contributed by atoms with Crippen LogP contribution in [0.25, 0.3) is 0 Å². The first-order chi connectivity index (χ1) is 10.5. The van der Waals surface area contributed by atoms with E-state index in [0.717, 1.165) is 24.8 Å². The predicted molar refractivity (Wildman–Crippen MR) is 97.4 cm³/mol. The fourth-order valence-electron chi connectivity index (χ4n) is 2.65. The molecule has 0 spiro atoms. The summed E-state index contributed by atoms with van der Waals surface area (Å²) in [6.07, 6.45) is 5.20. The summed E-state index contributed by atoms with van der Waals surface area (Å²) in [5.41, 5.74) is 4.77. The highest BCUT2D eigenvalue weighted by Gasteiger charge is 2.27. The first kappa shape index (κ1) is 17.3. The van der Waals surface area contributed by atoms with Gasteiger partial charge in [0.1, 0.15) is 0 Å². The van der Waals surface area contributed by atoms with Crippen LogP contribution in [-0.4, -0.2) is 5.71 Å². The predicted octanol–water partition coefficient (Wildman–Crippen LogP) is 6.83. The molecule has 1 aliphatic carbocycles. The van der Waals surface area contributed by atoms with E-state index in [1.54, 1.807) is 12.1 Å². The Kier molecular flexibility index (Phi) is 5.88. The Labute approximate surface area is 143 Å². The molecule has 118 valence electrons. The molecule has 0 aromatic heterocycles. The maximum absolute atomic E-state index is 8.67. The van der Waals surface area contributed by atoms with Crippen LogP contribution in [0.5, 0.6) is 0 Å². The van der Waals surface area contributed by atoms with E-state index in [0.29, 0.717) is 27.2 Å². The molecule has 3 heteroatoms. The van der Waals surface area contributed by atoms with E-state index >= 15 is 0 Å². The number of hydrogen-bond donors (Lipinski definition) is 1. The maximum atomic E-state index is 8.67. The van der Waals surface area contributed by atoms with Crippen LogP contribution in [0.4, 0.5) is 0 Å². The SMILES string of the molecule is C=C(CC)CC/C(C(=N)c1c(Cl)cccc1Cl)=C(/C)C1CC1. The van der Waals surface area contributed by atoms with Crippen molar-refractivity contribution < 1.29 is 0 Å². The summed E-state index contributed by atoms with van der Waals surface area (Å²) < 4.78 is 0. The van der Waals surface area contributed by atoms with Crippen molar-refractivity contribution in [2.24, 2.45) is 5.92 Å². The molecule has 2 rings (SSSR count). The lowest BCUT2D eigenvalue weighted by Gasteiger charge is -2.16. The molecule has 22 heavy (non-hydrogen) atoms. The van der Waals surface area contributed by atoms with Gasteiger partial charge in [-0.2, -0.15) is 0 Å². The van der Waals surface area contributed by atoms with Gasteiger partial charge in [-0.1, -0.05) is 53.9 Å². The van der Waals surface area contributed by atoms with E-state index in [-0.39, 0.29) is 0 Å². The number of benzene rings is 1. The largest absolute Gasteiger partial charge is 0.300 e. The summed E-state index contributed by atoms with van der Waals surface area (Å²) in [6.45, 7) is 8.36. The fourth-order valence-corrected chi connectivity index (χ4v) is 3.23. The molecule has 0 heterocycles. The molecule has 1 nitrogen and oxygen atoms in total. The number of rotatable bonds is 7. The zero-order chi connectivity index (χ0) is 16.3. The van der Waals surface area contributed by atoms with Crippen LogP contribution in [0.2, 0.25) is 10.0 Å². The van der Waals surface area contributed by atoms with Crippen LogP contribution < -0.4 is 0 Å². The third kappa shape index (κ3) is 4.02. The molecule has 0 bridgehead atoms. The van der Waals surface area contributed by atoms with Crippen molar-refractivity contribution in [3.8, 4) is 0 Å². The zero-order valence-electron chi connectivity index (χ0n) is 13.3. The molecule has 0 unspecified atom stereocenters. The van der Waals surface area contributed by atoms with Crippen molar-refractivity contribution in [3.05, 3.63) is 57.1 Å². The van der Waals surface area contributed by atoms with E-state index in [9.17, 15) is 0 Å². The van der Waals surface area contributed by atoms with Gasteiger partial charge in [0, 0.05) is 5.56 Å². The Balaban J connectivity index is 2.34. The lowest BCUT2D eigenvalue weighted by atomic mass is 9.91. The third-order valence-electron chi connectivity index (χ3n) is 4.41. The Morgan fingerprint density at radius 2 is 1.82 bits per heavy atom. The Morgan fingerprint density at radius 3 is 2.32 bits per heavy atom. The minimum atomic E-state index is 0.476. The van der Waals surface area contributed by atoms with E-state index in [1.165, 1.54) is 24.0 Å². The van der Waals surface area contributed by atoms with Crippen molar-refractivity contribution in [2.45, 2.75) is 46.0 Å². The number of halogens is 2. The van der Waals surface area contributed by atoms with Crippen LogP contribution in [0, 0.1) is 11.3 Å². The first-order valence-corrected chi connectivity index (χ1v) is 8.60. The topological polar surface area (TPSA) is 23.9 Å². The molecule has 0 amide bonds. The van der Waals surface area contributed by atoms with Crippen molar-refractivity contribution in [1.82, 2.24) is 0 Å². The first-order valence-electron chi connectivity index (χ1n) is 7.85. The second-order valence-corrected chi connectivity index (χ2v) is 6.83. The van der Waals surface area contributed by atoms with Crippen LogP contribution in [-0.2, 0) is 0 Å². The monoisotopic (exact) mass is 335 g/mol. The molecular formula is C19H23Cl2N. The Morgan fingerprint density at radius 1 is 1.23 bits per heavy atom. The molecule has 0 saturated heterocycles.